The fourth-order valence-electron chi connectivity index (χ4n) is 3.12. The van der Waals surface area contributed by atoms with E-state index in [1.807, 2.05) is 48.5 Å². The Bertz CT molecular complexity index is 1190. The van der Waals surface area contributed by atoms with Gasteiger partial charge in [0, 0.05) is 14.7 Å². The number of hydrogen-bond acceptors (Lipinski definition) is 4. The maximum atomic E-state index is 12.7. The molecule has 0 saturated carbocycles. The first-order valence-corrected chi connectivity index (χ1v) is 12.6. The number of sulfonamides is 1. The highest BCUT2D eigenvalue weighted by Crippen LogP contribution is 2.31. The van der Waals surface area contributed by atoms with Gasteiger partial charge in [-0.1, -0.05) is 62.4 Å². The van der Waals surface area contributed by atoms with Gasteiger partial charge in [0.2, 0.25) is 10.0 Å². The standard InChI is InChI=1S/C24H24INO5S/c1-16(2)23(24(27)28)26-32(29,30)19-13-11-17(12-14-19)20-8-4-6-10-22(20)31-15-18-7-3-5-9-21(18)25/h3-14,16,23,26H,15H2,1-2H3,(H,27,28). The summed E-state index contributed by atoms with van der Waals surface area (Å²) in [6, 6.07) is 20.6. The minimum Gasteiger partial charge on any atom is -0.488 e. The summed E-state index contributed by atoms with van der Waals surface area (Å²) in [5, 5.41) is 9.29. The molecule has 0 spiro atoms. The fourth-order valence-corrected chi connectivity index (χ4v) is 5.00. The molecule has 0 amide bonds. The normalized spacial score (nSPS) is 12.5. The van der Waals surface area contributed by atoms with E-state index in [9.17, 15) is 18.3 Å². The van der Waals surface area contributed by atoms with Crippen LogP contribution in [0.3, 0.4) is 0 Å². The van der Waals surface area contributed by atoms with Gasteiger partial charge < -0.3 is 9.84 Å². The van der Waals surface area contributed by atoms with E-state index in [1.165, 1.54) is 12.1 Å². The van der Waals surface area contributed by atoms with Gasteiger partial charge in [-0.25, -0.2) is 8.42 Å². The Morgan fingerprint density at radius 1 is 1.00 bits per heavy atom. The third kappa shape index (κ3) is 5.87. The highest BCUT2D eigenvalue weighted by atomic mass is 127. The van der Waals surface area contributed by atoms with Crippen molar-refractivity contribution in [3.05, 3.63) is 81.9 Å². The van der Waals surface area contributed by atoms with Gasteiger partial charge in [0.25, 0.3) is 0 Å². The second-order valence-electron chi connectivity index (χ2n) is 7.58. The number of carbonyl (C=O) groups is 1. The molecule has 1 atom stereocenters. The van der Waals surface area contributed by atoms with Crippen LogP contribution in [0.25, 0.3) is 11.1 Å². The average molecular weight is 565 g/mol. The maximum Gasteiger partial charge on any atom is 0.322 e. The Morgan fingerprint density at radius 2 is 1.62 bits per heavy atom. The number of para-hydroxylation sites is 1. The van der Waals surface area contributed by atoms with Crippen molar-refractivity contribution in [1.82, 2.24) is 4.72 Å². The van der Waals surface area contributed by atoms with E-state index in [-0.39, 0.29) is 4.90 Å². The van der Waals surface area contributed by atoms with E-state index in [0.29, 0.717) is 12.4 Å². The number of benzene rings is 3. The van der Waals surface area contributed by atoms with Crippen LogP contribution in [0.15, 0.2) is 77.7 Å². The molecule has 0 aliphatic heterocycles. The zero-order valence-electron chi connectivity index (χ0n) is 17.7. The van der Waals surface area contributed by atoms with Crippen molar-refractivity contribution in [3.8, 4) is 16.9 Å². The summed E-state index contributed by atoms with van der Waals surface area (Å²) in [5.74, 6) is -0.913. The van der Waals surface area contributed by atoms with Crippen LogP contribution in [0.1, 0.15) is 19.4 Å². The number of ether oxygens (including phenoxy) is 1. The molecule has 0 radical (unpaired) electrons. The SMILES string of the molecule is CC(C)C(NS(=O)(=O)c1ccc(-c2ccccc2OCc2ccccc2I)cc1)C(=O)O. The third-order valence-corrected chi connectivity index (χ3v) is 7.43. The molecule has 0 heterocycles. The second-order valence-corrected chi connectivity index (χ2v) is 10.5. The van der Waals surface area contributed by atoms with Crippen LogP contribution in [0.2, 0.25) is 0 Å². The molecule has 0 fully saturated rings. The minimum atomic E-state index is -3.97. The van der Waals surface area contributed by atoms with Gasteiger partial charge in [-0.2, -0.15) is 4.72 Å². The Hall–Kier alpha value is -2.43. The van der Waals surface area contributed by atoms with Crippen molar-refractivity contribution in [3.63, 3.8) is 0 Å². The molecular weight excluding hydrogens is 541 g/mol. The number of aliphatic carboxylic acids is 1. The van der Waals surface area contributed by atoms with Gasteiger partial charge in [0.1, 0.15) is 18.4 Å². The van der Waals surface area contributed by atoms with Crippen LogP contribution in [0.5, 0.6) is 5.75 Å². The average Bonchev–Trinajstić information content (AvgIpc) is 2.77. The van der Waals surface area contributed by atoms with Crippen LogP contribution in [0, 0.1) is 9.49 Å². The van der Waals surface area contributed by atoms with Crippen LogP contribution in [-0.2, 0) is 21.4 Å². The van der Waals surface area contributed by atoms with Crippen molar-refractivity contribution < 1.29 is 23.1 Å². The molecule has 3 aromatic carbocycles. The molecule has 8 heteroatoms. The Morgan fingerprint density at radius 3 is 2.25 bits per heavy atom. The van der Waals surface area contributed by atoms with E-state index < -0.39 is 28.0 Å². The largest absolute Gasteiger partial charge is 0.488 e. The fraction of sp³-hybridized carbons (Fsp3) is 0.208. The Balaban J connectivity index is 1.82. The quantitative estimate of drug-likeness (QED) is 0.360. The van der Waals surface area contributed by atoms with Gasteiger partial charge in [0.05, 0.1) is 4.90 Å². The molecule has 0 aliphatic rings. The van der Waals surface area contributed by atoms with Gasteiger partial charge in [-0.05, 0) is 58.3 Å². The van der Waals surface area contributed by atoms with Crippen molar-refractivity contribution in [1.29, 1.82) is 0 Å². The van der Waals surface area contributed by atoms with Crippen LogP contribution >= 0.6 is 22.6 Å². The number of halogens is 1. The molecule has 3 aromatic rings. The predicted octanol–water partition coefficient (Wildman–Crippen LogP) is 4.92. The molecule has 3 rings (SSSR count). The topological polar surface area (TPSA) is 92.7 Å². The van der Waals surface area contributed by atoms with Gasteiger partial charge in [-0.15, -0.1) is 0 Å². The molecular formula is C24H24INO5S. The zero-order chi connectivity index (χ0) is 23.3. The molecule has 1 unspecified atom stereocenters. The molecule has 0 aliphatic carbocycles. The number of hydrogen-bond donors (Lipinski definition) is 2. The lowest BCUT2D eigenvalue weighted by Crippen LogP contribution is -2.44. The first kappa shape index (κ1) is 24.2. The summed E-state index contributed by atoms with van der Waals surface area (Å²) in [7, 11) is -3.97. The predicted molar refractivity (Wildman–Crippen MR) is 132 cm³/mol. The van der Waals surface area contributed by atoms with Gasteiger partial charge in [0.15, 0.2) is 0 Å². The smallest absolute Gasteiger partial charge is 0.322 e. The van der Waals surface area contributed by atoms with Gasteiger partial charge in [-0.3, -0.25) is 4.79 Å². The van der Waals surface area contributed by atoms with E-state index in [4.69, 9.17) is 4.74 Å². The maximum absolute atomic E-state index is 12.7. The molecule has 168 valence electrons. The molecule has 32 heavy (non-hydrogen) atoms. The summed E-state index contributed by atoms with van der Waals surface area (Å²) in [4.78, 5) is 11.4. The molecule has 6 nitrogen and oxygen atoms in total. The highest BCUT2D eigenvalue weighted by Gasteiger charge is 2.28. The summed E-state index contributed by atoms with van der Waals surface area (Å²) in [5.41, 5.74) is 2.70. The lowest BCUT2D eigenvalue weighted by atomic mass is 10.0. The molecule has 0 aromatic heterocycles. The Kier molecular flexibility index (Phi) is 7.91. The number of carboxylic acids is 1. The first-order valence-electron chi connectivity index (χ1n) is 10.00. The Labute approximate surface area is 201 Å². The van der Waals surface area contributed by atoms with Gasteiger partial charge >= 0.3 is 5.97 Å². The van der Waals surface area contributed by atoms with E-state index >= 15 is 0 Å². The molecule has 0 saturated heterocycles. The van der Waals surface area contributed by atoms with Crippen LogP contribution < -0.4 is 9.46 Å². The zero-order valence-corrected chi connectivity index (χ0v) is 20.6. The monoisotopic (exact) mass is 565 g/mol. The number of rotatable bonds is 9. The lowest BCUT2D eigenvalue weighted by molar-refractivity contribution is -0.140. The van der Waals surface area contributed by atoms with E-state index in [1.54, 1.807) is 26.0 Å². The summed E-state index contributed by atoms with van der Waals surface area (Å²) < 4.78 is 34.8. The van der Waals surface area contributed by atoms with E-state index in [0.717, 1.165) is 20.3 Å². The van der Waals surface area contributed by atoms with Crippen molar-refractivity contribution in [2.45, 2.75) is 31.4 Å². The van der Waals surface area contributed by atoms with Crippen molar-refractivity contribution >= 4 is 38.6 Å². The lowest BCUT2D eigenvalue weighted by Gasteiger charge is -2.18. The first-order chi connectivity index (χ1) is 15.2. The second kappa shape index (κ2) is 10.5. The van der Waals surface area contributed by atoms with E-state index in [2.05, 4.69) is 27.3 Å². The molecule has 2 N–H and O–H groups in total. The minimum absolute atomic E-state index is 0.00499. The number of nitrogens with one attached hydrogen (secondary N) is 1. The number of carboxylic acid groups (broad SMARTS) is 1. The summed E-state index contributed by atoms with van der Waals surface area (Å²) in [6.07, 6.45) is 0. The molecule has 0 bridgehead atoms. The van der Waals surface area contributed by atoms with Crippen LogP contribution in [-0.4, -0.2) is 25.5 Å². The van der Waals surface area contributed by atoms with Crippen molar-refractivity contribution in [2.24, 2.45) is 5.92 Å². The van der Waals surface area contributed by atoms with Crippen LogP contribution in [0.4, 0.5) is 0 Å². The highest BCUT2D eigenvalue weighted by molar-refractivity contribution is 14.1. The summed E-state index contributed by atoms with van der Waals surface area (Å²) >= 11 is 2.27. The van der Waals surface area contributed by atoms with Crippen molar-refractivity contribution in [2.75, 3.05) is 0 Å². The summed E-state index contributed by atoms with van der Waals surface area (Å²) in [6.45, 7) is 3.72. The third-order valence-electron chi connectivity index (χ3n) is 4.92.